The van der Waals surface area contributed by atoms with Crippen LogP contribution in [-0.2, 0) is 4.79 Å². The maximum Gasteiger partial charge on any atom is 0.269 e. The minimum atomic E-state index is -0.402. The van der Waals surface area contributed by atoms with E-state index in [4.69, 9.17) is 0 Å². The molecule has 0 aliphatic heterocycles. The molecule has 0 saturated carbocycles. The lowest BCUT2D eigenvalue weighted by molar-refractivity contribution is -0.117. The van der Waals surface area contributed by atoms with Crippen molar-refractivity contribution in [2.45, 2.75) is 13.8 Å². The van der Waals surface area contributed by atoms with Crippen molar-refractivity contribution >= 4 is 39.5 Å². The first kappa shape index (κ1) is 19.7. The number of hydrogen-bond donors (Lipinski definition) is 2. The van der Waals surface area contributed by atoms with Crippen molar-refractivity contribution < 1.29 is 9.59 Å². The fourth-order valence-corrected chi connectivity index (χ4v) is 2.65. The number of carbonyl (C=O) groups excluding carboxylic acids is 2. The first-order chi connectivity index (χ1) is 12.5. The van der Waals surface area contributed by atoms with Crippen LogP contribution in [0.25, 0.3) is 6.08 Å². The van der Waals surface area contributed by atoms with Crippen LogP contribution in [0.5, 0.6) is 0 Å². The Morgan fingerprint density at radius 3 is 2.15 bits per heavy atom. The van der Waals surface area contributed by atoms with Crippen molar-refractivity contribution in [1.82, 2.24) is 10.9 Å². The molecule has 5 nitrogen and oxygen atoms in total. The van der Waals surface area contributed by atoms with Crippen LogP contribution >= 0.6 is 15.9 Å². The first-order valence-corrected chi connectivity index (χ1v) is 9.21. The number of amides is 2. The van der Waals surface area contributed by atoms with Gasteiger partial charge in [0.2, 0.25) is 0 Å². The molecule has 2 N–H and O–H groups in total. The number of halogens is 1. The highest BCUT2D eigenvalue weighted by Gasteiger charge is 2.07. The van der Waals surface area contributed by atoms with Gasteiger partial charge < -0.3 is 4.90 Å². The molecule has 2 rings (SSSR count). The Morgan fingerprint density at radius 1 is 0.962 bits per heavy atom. The van der Waals surface area contributed by atoms with E-state index in [1.54, 1.807) is 18.2 Å². The fraction of sp³-hybridized carbons (Fsp3) is 0.200. The summed E-state index contributed by atoms with van der Waals surface area (Å²) in [6.07, 6.45) is 3.04. The Kier molecular flexibility index (Phi) is 7.41. The normalized spacial score (nSPS) is 10.6. The Hall–Kier alpha value is -2.60. The summed E-state index contributed by atoms with van der Waals surface area (Å²) >= 11 is 3.36. The highest BCUT2D eigenvalue weighted by Crippen LogP contribution is 2.14. The van der Waals surface area contributed by atoms with Crippen molar-refractivity contribution in [2.75, 3.05) is 18.0 Å². The smallest absolute Gasteiger partial charge is 0.269 e. The molecule has 26 heavy (non-hydrogen) atoms. The van der Waals surface area contributed by atoms with Crippen LogP contribution in [0.3, 0.4) is 0 Å². The molecule has 0 atom stereocenters. The number of benzene rings is 2. The number of rotatable bonds is 6. The largest absolute Gasteiger partial charge is 0.372 e. The monoisotopic (exact) mass is 415 g/mol. The van der Waals surface area contributed by atoms with Gasteiger partial charge in [0, 0.05) is 34.9 Å². The minimum Gasteiger partial charge on any atom is -0.372 e. The number of anilines is 1. The molecule has 2 aromatic carbocycles. The van der Waals surface area contributed by atoms with Gasteiger partial charge in [-0.15, -0.1) is 0 Å². The van der Waals surface area contributed by atoms with E-state index in [0.29, 0.717) is 5.56 Å². The third kappa shape index (κ3) is 5.74. The predicted molar refractivity (Wildman–Crippen MR) is 109 cm³/mol. The third-order valence-electron chi connectivity index (χ3n) is 3.85. The molecule has 0 aliphatic rings. The van der Waals surface area contributed by atoms with E-state index in [-0.39, 0.29) is 5.91 Å². The first-order valence-electron chi connectivity index (χ1n) is 8.42. The fourth-order valence-electron chi connectivity index (χ4n) is 2.39. The van der Waals surface area contributed by atoms with Gasteiger partial charge in [-0.3, -0.25) is 20.4 Å². The van der Waals surface area contributed by atoms with Gasteiger partial charge in [0.1, 0.15) is 0 Å². The van der Waals surface area contributed by atoms with Gasteiger partial charge in [-0.2, -0.15) is 0 Å². The summed E-state index contributed by atoms with van der Waals surface area (Å²) < 4.78 is 0.971. The lowest BCUT2D eigenvalue weighted by Gasteiger charge is -2.21. The highest BCUT2D eigenvalue weighted by atomic mass is 79.9. The van der Waals surface area contributed by atoms with E-state index in [0.717, 1.165) is 28.8 Å². The molecule has 6 heteroatoms. The van der Waals surface area contributed by atoms with Crippen molar-refractivity contribution in [2.24, 2.45) is 0 Å². The van der Waals surface area contributed by atoms with E-state index >= 15 is 0 Å². The van der Waals surface area contributed by atoms with Crippen molar-refractivity contribution in [3.8, 4) is 0 Å². The van der Waals surface area contributed by atoms with Crippen LogP contribution in [-0.4, -0.2) is 24.9 Å². The third-order valence-corrected chi connectivity index (χ3v) is 4.38. The van der Waals surface area contributed by atoms with Gasteiger partial charge in [-0.05, 0) is 61.9 Å². The Labute approximate surface area is 162 Å². The lowest BCUT2D eigenvalue weighted by Crippen LogP contribution is -2.40. The van der Waals surface area contributed by atoms with Crippen LogP contribution in [0.15, 0.2) is 59.1 Å². The van der Waals surface area contributed by atoms with Crippen LogP contribution in [0, 0.1) is 0 Å². The second kappa shape index (κ2) is 9.77. The van der Waals surface area contributed by atoms with E-state index in [1.165, 1.54) is 6.08 Å². The maximum absolute atomic E-state index is 12.1. The molecule has 0 fully saturated rings. The molecule has 0 radical (unpaired) electrons. The molecule has 2 amide bonds. The zero-order chi connectivity index (χ0) is 18.9. The summed E-state index contributed by atoms with van der Waals surface area (Å²) in [4.78, 5) is 26.1. The van der Waals surface area contributed by atoms with Gasteiger partial charge in [-0.1, -0.05) is 28.1 Å². The van der Waals surface area contributed by atoms with E-state index in [1.807, 2.05) is 36.4 Å². The molecule has 0 saturated heterocycles. The standard InChI is InChI=1S/C20H22BrN3O2/c1-3-24(4-2)18-12-8-16(9-13-18)20(26)23-22-19(25)14-7-15-5-10-17(21)11-6-15/h5-14H,3-4H2,1-2H3,(H,22,25)(H,23,26)/b14-7+. The summed E-state index contributed by atoms with van der Waals surface area (Å²) in [5.74, 6) is -0.762. The SMILES string of the molecule is CCN(CC)c1ccc(C(=O)NNC(=O)/C=C/c2ccc(Br)cc2)cc1. The Morgan fingerprint density at radius 2 is 1.58 bits per heavy atom. The predicted octanol–water partition coefficient (Wildman–Crippen LogP) is 3.77. The van der Waals surface area contributed by atoms with Crippen LogP contribution < -0.4 is 15.8 Å². The number of carbonyl (C=O) groups is 2. The second-order valence-electron chi connectivity index (χ2n) is 5.55. The molecule has 0 heterocycles. The summed E-state index contributed by atoms with van der Waals surface area (Å²) in [6.45, 7) is 5.98. The van der Waals surface area contributed by atoms with Gasteiger partial charge in [-0.25, -0.2) is 0 Å². The molecule has 0 aromatic heterocycles. The average Bonchev–Trinajstić information content (AvgIpc) is 2.67. The number of nitrogens with zero attached hydrogens (tertiary/aromatic N) is 1. The summed E-state index contributed by atoms with van der Waals surface area (Å²) in [5.41, 5.74) is 7.23. The van der Waals surface area contributed by atoms with Gasteiger partial charge in [0.25, 0.3) is 11.8 Å². The lowest BCUT2D eigenvalue weighted by atomic mass is 10.2. The average molecular weight is 416 g/mol. The number of hydrazine groups is 1. The number of hydrogen-bond acceptors (Lipinski definition) is 3. The van der Waals surface area contributed by atoms with Gasteiger partial charge in [0.15, 0.2) is 0 Å². The Bertz CT molecular complexity index is 767. The van der Waals surface area contributed by atoms with E-state index in [2.05, 4.69) is 45.5 Å². The maximum atomic E-state index is 12.1. The second-order valence-corrected chi connectivity index (χ2v) is 6.46. The zero-order valence-corrected chi connectivity index (χ0v) is 16.4. The van der Waals surface area contributed by atoms with Gasteiger partial charge in [0.05, 0.1) is 0 Å². The van der Waals surface area contributed by atoms with Gasteiger partial charge >= 0.3 is 0 Å². The molecule has 2 aromatic rings. The summed E-state index contributed by atoms with van der Waals surface area (Å²) in [5, 5.41) is 0. The van der Waals surface area contributed by atoms with Crippen molar-refractivity contribution in [1.29, 1.82) is 0 Å². The topological polar surface area (TPSA) is 61.4 Å². The number of nitrogens with one attached hydrogen (secondary N) is 2. The van der Waals surface area contributed by atoms with Crippen LogP contribution in [0.4, 0.5) is 5.69 Å². The molecule has 0 unspecified atom stereocenters. The molecule has 0 bridgehead atoms. The Balaban J connectivity index is 1.87. The molecule has 0 spiro atoms. The van der Waals surface area contributed by atoms with Crippen LogP contribution in [0.2, 0.25) is 0 Å². The van der Waals surface area contributed by atoms with Crippen molar-refractivity contribution in [3.05, 3.63) is 70.2 Å². The zero-order valence-electron chi connectivity index (χ0n) is 14.8. The quantitative estimate of drug-likeness (QED) is 0.557. The molecular formula is C20H22BrN3O2. The minimum absolute atomic E-state index is 0.360. The summed E-state index contributed by atoms with van der Waals surface area (Å²) in [6, 6.07) is 14.8. The van der Waals surface area contributed by atoms with E-state index < -0.39 is 5.91 Å². The molecule has 0 aliphatic carbocycles. The van der Waals surface area contributed by atoms with Crippen molar-refractivity contribution in [3.63, 3.8) is 0 Å². The molecular weight excluding hydrogens is 394 g/mol. The van der Waals surface area contributed by atoms with Crippen LogP contribution in [0.1, 0.15) is 29.8 Å². The summed E-state index contributed by atoms with van der Waals surface area (Å²) in [7, 11) is 0. The van der Waals surface area contributed by atoms with E-state index in [9.17, 15) is 9.59 Å². The highest BCUT2D eigenvalue weighted by molar-refractivity contribution is 9.10. The molecule has 136 valence electrons.